The molecule has 0 radical (unpaired) electrons. The van der Waals surface area contributed by atoms with Gasteiger partial charge in [0.1, 0.15) is 11.6 Å². The van der Waals surface area contributed by atoms with Gasteiger partial charge in [-0.1, -0.05) is 12.8 Å². The fourth-order valence-electron chi connectivity index (χ4n) is 4.36. The van der Waals surface area contributed by atoms with Crippen molar-refractivity contribution in [2.45, 2.75) is 57.4 Å². The second kappa shape index (κ2) is 9.07. The average molecular weight is 396 g/mol. The highest BCUT2D eigenvalue weighted by Crippen LogP contribution is 2.28. The van der Waals surface area contributed by atoms with Crippen LogP contribution < -0.4 is 5.73 Å². The summed E-state index contributed by atoms with van der Waals surface area (Å²) in [5.41, 5.74) is 5.99. The summed E-state index contributed by atoms with van der Waals surface area (Å²) in [6.07, 6.45) is 5.27. The molecule has 1 saturated carbocycles. The Morgan fingerprint density at radius 2 is 1.61 bits per heavy atom. The van der Waals surface area contributed by atoms with Crippen LogP contribution in [0, 0.1) is 29.3 Å². The SMILES string of the molecule is N[C@H]1CCCC[C@@H]1C(=O)N1CCC(CC(=O)Cc2cc(F)c(F)cc2F)CC1. The van der Waals surface area contributed by atoms with Gasteiger partial charge in [0.05, 0.1) is 5.92 Å². The number of carbonyl (C=O) groups excluding carboxylic acids is 2. The van der Waals surface area contributed by atoms with Gasteiger partial charge in [-0.2, -0.15) is 0 Å². The Labute approximate surface area is 163 Å². The monoisotopic (exact) mass is 396 g/mol. The molecule has 3 rings (SSSR count). The van der Waals surface area contributed by atoms with E-state index in [1.54, 1.807) is 0 Å². The van der Waals surface area contributed by atoms with E-state index in [4.69, 9.17) is 5.73 Å². The molecule has 2 aliphatic rings. The van der Waals surface area contributed by atoms with Crippen molar-refractivity contribution in [2.75, 3.05) is 13.1 Å². The van der Waals surface area contributed by atoms with Crippen molar-refractivity contribution < 1.29 is 22.8 Å². The van der Waals surface area contributed by atoms with Crippen molar-refractivity contribution in [3.63, 3.8) is 0 Å². The van der Waals surface area contributed by atoms with Crippen LogP contribution in [0.5, 0.6) is 0 Å². The van der Waals surface area contributed by atoms with E-state index < -0.39 is 17.5 Å². The molecule has 0 aromatic heterocycles. The van der Waals surface area contributed by atoms with Crippen LogP contribution in [0.15, 0.2) is 12.1 Å². The maximum Gasteiger partial charge on any atom is 0.227 e. The van der Waals surface area contributed by atoms with Crippen LogP contribution in [-0.4, -0.2) is 35.7 Å². The molecule has 1 aliphatic carbocycles. The van der Waals surface area contributed by atoms with Crippen LogP contribution >= 0.6 is 0 Å². The number of piperidine rings is 1. The summed E-state index contributed by atoms with van der Waals surface area (Å²) < 4.78 is 40.0. The molecule has 1 aromatic rings. The van der Waals surface area contributed by atoms with Gasteiger partial charge in [0.25, 0.3) is 0 Å². The lowest BCUT2D eigenvalue weighted by Crippen LogP contribution is -2.48. The Bertz CT molecular complexity index is 733. The van der Waals surface area contributed by atoms with E-state index in [-0.39, 0.29) is 48.0 Å². The molecular formula is C21H27F3N2O2. The summed E-state index contributed by atoms with van der Waals surface area (Å²) in [6, 6.07) is 1.15. The minimum absolute atomic E-state index is 0.0634. The van der Waals surface area contributed by atoms with Crippen molar-refractivity contribution in [3.8, 4) is 0 Å². The maximum absolute atomic E-state index is 13.7. The first-order valence-corrected chi connectivity index (χ1v) is 10.0. The maximum atomic E-state index is 13.7. The second-order valence-corrected chi connectivity index (χ2v) is 8.10. The number of ketones is 1. The molecule has 1 heterocycles. The molecule has 1 aliphatic heterocycles. The summed E-state index contributed by atoms with van der Waals surface area (Å²) >= 11 is 0. The van der Waals surface area contributed by atoms with Gasteiger partial charge in [-0.15, -0.1) is 0 Å². The lowest BCUT2D eigenvalue weighted by molar-refractivity contribution is -0.138. The van der Waals surface area contributed by atoms with Crippen LogP contribution in [-0.2, 0) is 16.0 Å². The topological polar surface area (TPSA) is 63.4 Å². The summed E-state index contributed by atoms with van der Waals surface area (Å²) in [6.45, 7) is 1.19. The summed E-state index contributed by atoms with van der Waals surface area (Å²) in [4.78, 5) is 26.8. The quantitative estimate of drug-likeness (QED) is 0.777. The average Bonchev–Trinajstić information content (AvgIpc) is 2.66. The highest BCUT2D eigenvalue weighted by atomic mass is 19.2. The van der Waals surface area contributed by atoms with Crippen molar-refractivity contribution in [1.29, 1.82) is 0 Å². The Balaban J connectivity index is 1.48. The third-order valence-corrected chi connectivity index (χ3v) is 6.06. The molecule has 1 amide bonds. The van der Waals surface area contributed by atoms with E-state index in [0.29, 0.717) is 32.0 Å². The van der Waals surface area contributed by atoms with Crippen molar-refractivity contribution >= 4 is 11.7 Å². The lowest BCUT2D eigenvalue weighted by atomic mass is 9.83. The Morgan fingerprint density at radius 3 is 2.29 bits per heavy atom. The van der Waals surface area contributed by atoms with Crippen molar-refractivity contribution in [1.82, 2.24) is 4.90 Å². The van der Waals surface area contributed by atoms with Crippen molar-refractivity contribution in [3.05, 3.63) is 35.1 Å². The van der Waals surface area contributed by atoms with E-state index in [1.807, 2.05) is 4.90 Å². The lowest BCUT2D eigenvalue weighted by Gasteiger charge is -2.37. The van der Waals surface area contributed by atoms with Gasteiger partial charge in [0.2, 0.25) is 5.91 Å². The molecule has 0 unspecified atom stereocenters. The summed E-state index contributed by atoms with van der Waals surface area (Å²) in [5.74, 6) is -3.38. The van der Waals surface area contributed by atoms with Gasteiger partial charge in [-0.25, -0.2) is 13.2 Å². The minimum Gasteiger partial charge on any atom is -0.342 e. The molecule has 2 N–H and O–H groups in total. The van der Waals surface area contributed by atoms with Crippen LogP contribution in [0.4, 0.5) is 13.2 Å². The van der Waals surface area contributed by atoms with Crippen molar-refractivity contribution in [2.24, 2.45) is 17.6 Å². The molecule has 28 heavy (non-hydrogen) atoms. The number of halogens is 3. The van der Waals surface area contributed by atoms with Gasteiger partial charge in [0.15, 0.2) is 11.6 Å². The largest absolute Gasteiger partial charge is 0.342 e. The number of rotatable bonds is 5. The number of benzene rings is 1. The summed E-state index contributed by atoms with van der Waals surface area (Å²) in [7, 11) is 0. The fraction of sp³-hybridized carbons (Fsp3) is 0.619. The number of hydrogen-bond donors (Lipinski definition) is 1. The molecule has 0 spiro atoms. The number of nitrogens with two attached hydrogens (primary N) is 1. The molecule has 1 saturated heterocycles. The number of carbonyl (C=O) groups is 2. The predicted octanol–water partition coefficient (Wildman–Crippen LogP) is 3.36. The van der Waals surface area contributed by atoms with E-state index in [2.05, 4.69) is 0 Å². The minimum atomic E-state index is -1.26. The standard InChI is InChI=1S/C21H27F3N2O2/c22-17-12-19(24)18(23)11-14(17)10-15(27)9-13-5-7-26(8-6-13)21(28)16-3-1-2-4-20(16)25/h11-13,16,20H,1-10,25H2/t16-,20-/m0/s1. The molecule has 2 atom stereocenters. The first kappa shape index (κ1) is 20.8. The zero-order valence-corrected chi connectivity index (χ0v) is 15.9. The predicted molar refractivity (Wildman–Crippen MR) is 98.9 cm³/mol. The number of amides is 1. The molecule has 2 fully saturated rings. The first-order valence-electron chi connectivity index (χ1n) is 10.0. The first-order chi connectivity index (χ1) is 13.3. The van der Waals surface area contributed by atoms with Gasteiger partial charge >= 0.3 is 0 Å². The van der Waals surface area contributed by atoms with E-state index in [0.717, 1.165) is 31.7 Å². The zero-order valence-electron chi connectivity index (χ0n) is 15.9. The van der Waals surface area contributed by atoms with Crippen LogP contribution in [0.2, 0.25) is 0 Å². The second-order valence-electron chi connectivity index (χ2n) is 8.10. The highest BCUT2D eigenvalue weighted by molar-refractivity contribution is 5.81. The molecule has 1 aromatic carbocycles. The highest BCUT2D eigenvalue weighted by Gasteiger charge is 2.33. The molecule has 0 bridgehead atoms. The number of Topliss-reactive ketones (excluding diaryl/α,β-unsaturated/α-hetero) is 1. The van der Waals surface area contributed by atoms with Crippen LogP contribution in [0.25, 0.3) is 0 Å². The normalized spacial score (nSPS) is 23.6. The number of hydrogen-bond acceptors (Lipinski definition) is 3. The number of likely N-dealkylation sites (tertiary alicyclic amines) is 1. The van der Waals surface area contributed by atoms with E-state index in [9.17, 15) is 22.8 Å². The molecule has 154 valence electrons. The molecule has 4 nitrogen and oxygen atoms in total. The number of nitrogens with zero attached hydrogens (tertiary/aromatic N) is 1. The van der Waals surface area contributed by atoms with Crippen LogP contribution in [0.3, 0.4) is 0 Å². The van der Waals surface area contributed by atoms with E-state index in [1.165, 1.54) is 0 Å². The van der Waals surface area contributed by atoms with Gasteiger partial charge in [-0.3, -0.25) is 9.59 Å². The Hall–Kier alpha value is -1.89. The Kier molecular flexibility index (Phi) is 6.75. The van der Waals surface area contributed by atoms with Gasteiger partial charge < -0.3 is 10.6 Å². The smallest absolute Gasteiger partial charge is 0.227 e. The van der Waals surface area contributed by atoms with Gasteiger partial charge in [-0.05, 0) is 43.2 Å². The molecular weight excluding hydrogens is 369 g/mol. The summed E-state index contributed by atoms with van der Waals surface area (Å²) in [5, 5.41) is 0. The van der Waals surface area contributed by atoms with E-state index >= 15 is 0 Å². The fourth-order valence-corrected chi connectivity index (χ4v) is 4.36. The van der Waals surface area contributed by atoms with Crippen LogP contribution in [0.1, 0.15) is 50.5 Å². The third-order valence-electron chi connectivity index (χ3n) is 6.06. The zero-order chi connectivity index (χ0) is 20.3. The van der Waals surface area contributed by atoms with Gasteiger partial charge in [0, 0.05) is 38.0 Å². The third kappa shape index (κ3) is 4.93. The molecule has 7 heteroatoms. The Morgan fingerprint density at radius 1 is 0.964 bits per heavy atom.